The number of rotatable bonds is 11. The molecule has 2 aromatic carbocycles. The van der Waals surface area contributed by atoms with E-state index < -0.39 is 10.8 Å². The van der Waals surface area contributed by atoms with Gasteiger partial charge in [-0.05, 0) is 44.5 Å². The summed E-state index contributed by atoms with van der Waals surface area (Å²) in [4.78, 5) is 21.7. The lowest BCUT2D eigenvalue weighted by molar-refractivity contribution is -0.118. The summed E-state index contributed by atoms with van der Waals surface area (Å²) in [6, 6.07) is 18.5. The summed E-state index contributed by atoms with van der Waals surface area (Å²) < 4.78 is 18.3. The molecule has 1 atom stereocenters. The van der Waals surface area contributed by atoms with E-state index in [-0.39, 0.29) is 17.4 Å². The maximum Gasteiger partial charge on any atom is 0.232 e. The minimum atomic E-state index is -1.34. The van der Waals surface area contributed by atoms with Gasteiger partial charge in [-0.25, -0.2) is 4.98 Å². The molecule has 7 nitrogen and oxygen atoms in total. The van der Waals surface area contributed by atoms with E-state index in [2.05, 4.69) is 50.4 Å². The smallest absolute Gasteiger partial charge is 0.232 e. The Morgan fingerprint density at radius 3 is 2.42 bits per heavy atom. The Hall–Kier alpha value is -2.81. The van der Waals surface area contributed by atoms with Crippen LogP contribution in [0.2, 0.25) is 0 Å². The highest BCUT2D eigenvalue weighted by atomic mass is 32.2. The first-order valence-electron chi connectivity index (χ1n) is 12.6. The SMILES string of the molecule is Cc1ccc(-c2nc(C[S@@](=O)CC(=O)NCCCN3CCN(Cc4ccccc4)CC3)c(C)o2)cc1. The summed E-state index contributed by atoms with van der Waals surface area (Å²) in [6.45, 7) is 10.6. The monoisotopic (exact) mass is 508 g/mol. The van der Waals surface area contributed by atoms with Gasteiger partial charge in [-0.3, -0.25) is 13.9 Å². The first kappa shape index (κ1) is 26.3. The molecule has 0 saturated carbocycles. The number of piperazine rings is 1. The molecule has 1 aromatic heterocycles. The van der Waals surface area contributed by atoms with Gasteiger partial charge in [0.1, 0.15) is 11.5 Å². The quantitative estimate of drug-likeness (QED) is 0.399. The Labute approximate surface area is 216 Å². The van der Waals surface area contributed by atoms with Crippen LogP contribution >= 0.6 is 0 Å². The van der Waals surface area contributed by atoms with E-state index in [9.17, 15) is 9.00 Å². The van der Waals surface area contributed by atoms with Gasteiger partial charge in [-0.1, -0.05) is 48.0 Å². The maximum atomic E-state index is 12.6. The van der Waals surface area contributed by atoms with Crippen molar-refractivity contribution in [2.45, 2.75) is 32.6 Å². The van der Waals surface area contributed by atoms with Crippen LogP contribution in [0.15, 0.2) is 59.0 Å². The van der Waals surface area contributed by atoms with Gasteiger partial charge in [0.2, 0.25) is 11.8 Å². The van der Waals surface area contributed by atoms with Crippen molar-refractivity contribution < 1.29 is 13.4 Å². The van der Waals surface area contributed by atoms with Gasteiger partial charge < -0.3 is 14.6 Å². The molecule has 36 heavy (non-hydrogen) atoms. The predicted molar refractivity (Wildman–Crippen MR) is 144 cm³/mol. The van der Waals surface area contributed by atoms with Crippen LogP contribution in [0.1, 0.15) is 29.0 Å². The average molecular weight is 509 g/mol. The first-order chi connectivity index (χ1) is 17.5. The number of aryl methyl sites for hydroxylation is 2. The maximum absolute atomic E-state index is 12.6. The van der Waals surface area contributed by atoms with Crippen LogP contribution < -0.4 is 5.32 Å². The Morgan fingerprint density at radius 1 is 1.00 bits per heavy atom. The molecule has 1 aliphatic rings. The predicted octanol–water partition coefficient (Wildman–Crippen LogP) is 3.53. The zero-order valence-electron chi connectivity index (χ0n) is 21.2. The molecule has 0 unspecified atom stereocenters. The second-order valence-corrected chi connectivity index (χ2v) is 10.9. The molecule has 1 fully saturated rings. The molecule has 4 rings (SSSR count). The van der Waals surface area contributed by atoms with E-state index in [4.69, 9.17) is 4.42 Å². The minimum Gasteiger partial charge on any atom is -0.441 e. The Kier molecular flexibility index (Phi) is 9.44. The number of hydrogen-bond donors (Lipinski definition) is 1. The van der Waals surface area contributed by atoms with Crippen LogP contribution in [0.25, 0.3) is 11.5 Å². The lowest BCUT2D eigenvalue weighted by atomic mass is 10.1. The Balaban J connectivity index is 1.11. The number of benzene rings is 2. The number of hydrogen-bond acceptors (Lipinski definition) is 6. The summed E-state index contributed by atoms with van der Waals surface area (Å²) >= 11 is 0. The van der Waals surface area contributed by atoms with Crippen molar-refractivity contribution in [2.24, 2.45) is 0 Å². The third-order valence-corrected chi connectivity index (χ3v) is 7.65. The number of nitrogens with one attached hydrogen (secondary N) is 1. The Bertz CT molecular complexity index is 1140. The molecule has 3 aromatic rings. The van der Waals surface area contributed by atoms with Gasteiger partial charge >= 0.3 is 0 Å². The van der Waals surface area contributed by atoms with Crippen molar-refractivity contribution in [1.29, 1.82) is 0 Å². The van der Waals surface area contributed by atoms with Gasteiger partial charge in [-0.15, -0.1) is 0 Å². The van der Waals surface area contributed by atoms with Crippen molar-refractivity contribution in [3.8, 4) is 11.5 Å². The van der Waals surface area contributed by atoms with Crippen LogP contribution in [-0.2, 0) is 27.9 Å². The number of nitrogens with zero attached hydrogens (tertiary/aromatic N) is 3. The molecule has 8 heteroatoms. The largest absolute Gasteiger partial charge is 0.441 e. The molecular weight excluding hydrogens is 472 g/mol. The summed E-state index contributed by atoms with van der Waals surface area (Å²) in [6.07, 6.45) is 0.888. The van der Waals surface area contributed by atoms with Crippen molar-refractivity contribution in [3.05, 3.63) is 77.2 Å². The number of carbonyl (C=O) groups excluding carboxylic acids is 1. The molecular formula is C28H36N4O3S. The molecule has 0 spiro atoms. The zero-order valence-corrected chi connectivity index (χ0v) is 22.1. The fourth-order valence-corrected chi connectivity index (χ4v) is 5.39. The zero-order chi connectivity index (χ0) is 25.3. The second kappa shape index (κ2) is 12.9. The van der Waals surface area contributed by atoms with Crippen LogP contribution in [0.3, 0.4) is 0 Å². The second-order valence-electron chi connectivity index (χ2n) is 9.42. The number of amides is 1. The molecule has 2 heterocycles. The van der Waals surface area contributed by atoms with E-state index in [0.717, 1.165) is 56.8 Å². The van der Waals surface area contributed by atoms with E-state index >= 15 is 0 Å². The highest BCUT2D eigenvalue weighted by molar-refractivity contribution is 7.84. The fraction of sp³-hybridized carbons (Fsp3) is 0.429. The number of carbonyl (C=O) groups is 1. The van der Waals surface area contributed by atoms with Gasteiger partial charge in [-0.2, -0.15) is 0 Å². The highest BCUT2D eigenvalue weighted by Crippen LogP contribution is 2.23. The van der Waals surface area contributed by atoms with Crippen molar-refractivity contribution >= 4 is 16.7 Å². The van der Waals surface area contributed by atoms with Crippen molar-refractivity contribution in [1.82, 2.24) is 20.1 Å². The van der Waals surface area contributed by atoms with Crippen LogP contribution in [0, 0.1) is 13.8 Å². The summed E-state index contributed by atoms with van der Waals surface area (Å²) in [5.41, 5.74) is 4.05. The number of oxazole rings is 1. The standard InChI is InChI=1S/C28H36N4O3S/c1-22-9-11-25(12-10-22)28-30-26(23(2)35-28)20-36(34)21-27(33)29-13-6-14-31-15-17-32(18-16-31)19-24-7-4-3-5-8-24/h3-5,7-12H,6,13-21H2,1-2H3,(H,29,33)/t36-/m1/s1. The van der Waals surface area contributed by atoms with Gasteiger partial charge in [0.15, 0.2) is 0 Å². The van der Waals surface area contributed by atoms with Crippen LogP contribution in [-0.4, -0.2) is 69.9 Å². The highest BCUT2D eigenvalue weighted by Gasteiger charge is 2.18. The third kappa shape index (κ3) is 7.85. The average Bonchev–Trinajstić information content (AvgIpc) is 3.23. The van der Waals surface area contributed by atoms with Gasteiger partial charge in [0.25, 0.3) is 0 Å². The molecule has 1 N–H and O–H groups in total. The molecule has 0 aliphatic carbocycles. The lowest BCUT2D eigenvalue weighted by Crippen LogP contribution is -2.46. The van der Waals surface area contributed by atoms with E-state index in [0.29, 0.717) is 23.9 Å². The number of aromatic nitrogens is 1. The van der Waals surface area contributed by atoms with E-state index in [1.165, 1.54) is 5.56 Å². The first-order valence-corrected chi connectivity index (χ1v) is 14.1. The van der Waals surface area contributed by atoms with Gasteiger partial charge in [0, 0.05) is 55.6 Å². The normalized spacial score (nSPS) is 15.6. The summed E-state index contributed by atoms with van der Waals surface area (Å²) in [5, 5.41) is 2.92. The van der Waals surface area contributed by atoms with Gasteiger partial charge in [0.05, 0.1) is 11.4 Å². The van der Waals surface area contributed by atoms with Crippen LogP contribution in [0.4, 0.5) is 0 Å². The minimum absolute atomic E-state index is 0.0235. The lowest BCUT2D eigenvalue weighted by Gasteiger charge is -2.34. The summed E-state index contributed by atoms with van der Waals surface area (Å²) in [5.74, 6) is 1.17. The summed E-state index contributed by atoms with van der Waals surface area (Å²) in [7, 11) is -1.34. The molecule has 1 aliphatic heterocycles. The van der Waals surface area contributed by atoms with E-state index in [1.54, 1.807) is 0 Å². The molecule has 0 bridgehead atoms. The van der Waals surface area contributed by atoms with E-state index in [1.807, 2.05) is 38.1 Å². The molecule has 1 amide bonds. The molecule has 0 radical (unpaired) electrons. The topological polar surface area (TPSA) is 78.7 Å². The fourth-order valence-electron chi connectivity index (χ4n) is 4.33. The van der Waals surface area contributed by atoms with Crippen molar-refractivity contribution in [3.63, 3.8) is 0 Å². The molecule has 192 valence electrons. The van der Waals surface area contributed by atoms with Crippen molar-refractivity contribution in [2.75, 3.05) is 45.0 Å². The Morgan fingerprint density at radius 2 is 1.69 bits per heavy atom. The van der Waals surface area contributed by atoms with Crippen LogP contribution in [0.5, 0.6) is 0 Å². The third-order valence-electron chi connectivity index (χ3n) is 6.47. The molecule has 1 saturated heterocycles.